The maximum Gasteiger partial charge on any atom is 0.143 e. The van der Waals surface area contributed by atoms with E-state index >= 15 is 0 Å². The second-order valence-electron chi connectivity index (χ2n) is 6.19. The molecule has 0 saturated heterocycles. The Hall–Kier alpha value is -3.14. The van der Waals surface area contributed by atoms with E-state index in [2.05, 4.69) is 24.4 Å². The molecule has 2 aromatic carbocycles. The number of halogens is 1. The summed E-state index contributed by atoms with van der Waals surface area (Å²) in [7, 11) is 0. The SMILES string of the molecule is Cc1ccc(Nc2c(-c3ccc(F)cc3)nc3c(C)cccn23)cc1. The van der Waals surface area contributed by atoms with E-state index in [1.54, 1.807) is 12.1 Å². The largest absolute Gasteiger partial charge is 0.339 e. The van der Waals surface area contributed by atoms with Gasteiger partial charge in [0.05, 0.1) is 0 Å². The lowest BCUT2D eigenvalue weighted by molar-refractivity contribution is 0.628. The Morgan fingerprint density at radius 2 is 1.64 bits per heavy atom. The summed E-state index contributed by atoms with van der Waals surface area (Å²) in [6.07, 6.45) is 1.98. The molecule has 0 aliphatic carbocycles. The zero-order chi connectivity index (χ0) is 17.4. The predicted molar refractivity (Wildman–Crippen MR) is 99.8 cm³/mol. The van der Waals surface area contributed by atoms with Crippen molar-refractivity contribution in [3.05, 3.63) is 83.8 Å². The van der Waals surface area contributed by atoms with E-state index in [-0.39, 0.29) is 5.82 Å². The van der Waals surface area contributed by atoms with Crippen LogP contribution in [-0.2, 0) is 0 Å². The van der Waals surface area contributed by atoms with Crippen molar-refractivity contribution >= 4 is 17.2 Å². The summed E-state index contributed by atoms with van der Waals surface area (Å²) in [4.78, 5) is 4.80. The lowest BCUT2D eigenvalue weighted by atomic mass is 10.1. The van der Waals surface area contributed by atoms with E-state index in [1.807, 2.05) is 41.8 Å². The van der Waals surface area contributed by atoms with E-state index in [9.17, 15) is 4.39 Å². The van der Waals surface area contributed by atoms with Gasteiger partial charge in [0.2, 0.25) is 0 Å². The van der Waals surface area contributed by atoms with E-state index in [4.69, 9.17) is 4.98 Å². The van der Waals surface area contributed by atoms with Crippen molar-refractivity contribution in [2.75, 3.05) is 5.32 Å². The number of aromatic nitrogens is 2. The normalized spacial score (nSPS) is 11.0. The molecule has 4 heteroatoms. The van der Waals surface area contributed by atoms with Crippen LogP contribution in [0.1, 0.15) is 11.1 Å². The van der Waals surface area contributed by atoms with Gasteiger partial charge >= 0.3 is 0 Å². The second-order valence-corrected chi connectivity index (χ2v) is 6.19. The Labute approximate surface area is 145 Å². The Bertz CT molecular complexity index is 1030. The summed E-state index contributed by atoms with van der Waals surface area (Å²) in [6, 6.07) is 18.7. The van der Waals surface area contributed by atoms with Crippen molar-refractivity contribution in [2.24, 2.45) is 0 Å². The van der Waals surface area contributed by atoms with Crippen LogP contribution in [0.25, 0.3) is 16.9 Å². The fourth-order valence-corrected chi connectivity index (χ4v) is 2.91. The van der Waals surface area contributed by atoms with Gasteiger partial charge in [0.1, 0.15) is 23.0 Å². The number of benzene rings is 2. The van der Waals surface area contributed by atoms with Gasteiger partial charge in [0, 0.05) is 17.4 Å². The molecule has 0 radical (unpaired) electrons. The monoisotopic (exact) mass is 331 g/mol. The molecule has 0 unspecified atom stereocenters. The fourth-order valence-electron chi connectivity index (χ4n) is 2.91. The number of nitrogens with one attached hydrogen (secondary N) is 1. The molecule has 1 N–H and O–H groups in total. The van der Waals surface area contributed by atoms with Crippen LogP contribution >= 0.6 is 0 Å². The lowest BCUT2D eigenvalue weighted by Gasteiger charge is -2.09. The molecule has 0 spiro atoms. The van der Waals surface area contributed by atoms with Crippen LogP contribution < -0.4 is 5.32 Å². The first-order chi connectivity index (χ1) is 12.1. The highest BCUT2D eigenvalue weighted by molar-refractivity contribution is 5.80. The Morgan fingerprint density at radius 1 is 0.920 bits per heavy atom. The number of hydrogen-bond acceptors (Lipinski definition) is 2. The van der Waals surface area contributed by atoms with Crippen molar-refractivity contribution in [1.29, 1.82) is 0 Å². The summed E-state index contributed by atoms with van der Waals surface area (Å²) in [6.45, 7) is 4.09. The van der Waals surface area contributed by atoms with Crippen molar-refractivity contribution < 1.29 is 4.39 Å². The zero-order valence-electron chi connectivity index (χ0n) is 14.1. The highest BCUT2D eigenvalue weighted by Crippen LogP contribution is 2.32. The van der Waals surface area contributed by atoms with Gasteiger partial charge in [-0.05, 0) is 61.9 Å². The molecular formula is C21H18FN3. The number of hydrogen-bond donors (Lipinski definition) is 1. The van der Waals surface area contributed by atoms with Crippen LogP contribution in [0, 0.1) is 19.7 Å². The van der Waals surface area contributed by atoms with Gasteiger partial charge in [0.15, 0.2) is 0 Å². The summed E-state index contributed by atoms with van der Waals surface area (Å²) in [5.74, 6) is 0.617. The van der Waals surface area contributed by atoms with E-state index < -0.39 is 0 Å². The Kier molecular flexibility index (Phi) is 3.73. The molecule has 0 saturated carbocycles. The first kappa shape index (κ1) is 15.4. The third-order valence-corrected chi connectivity index (χ3v) is 4.28. The molecule has 0 bridgehead atoms. The zero-order valence-corrected chi connectivity index (χ0v) is 14.1. The topological polar surface area (TPSA) is 29.3 Å². The van der Waals surface area contributed by atoms with E-state index in [0.29, 0.717) is 0 Å². The standard InChI is InChI=1S/C21H18FN3/c1-14-5-11-18(12-6-14)23-21-19(16-7-9-17(22)10-8-16)24-20-15(2)4-3-13-25(20)21/h3-13,23H,1-2H3. The molecule has 4 rings (SSSR count). The molecule has 4 aromatic rings. The predicted octanol–water partition coefficient (Wildman–Crippen LogP) is 5.50. The van der Waals surface area contributed by atoms with Crippen LogP contribution in [0.15, 0.2) is 66.9 Å². The van der Waals surface area contributed by atoms with Crippen molar-refractivity contribution in [2.45, 2.75) is 13.8 Å². The quantitative estimate of drug-likeness (QED) is 0.537. The molecular weight excluding hydrogens is 313 g/mol. The number of aryl methyl sites for hydroxylation is 2. The van der Waals surface area contributed by atoms with Crippen LogP contribution in [0.3, 0.4) is 0 Å². The molecule has 0 aliphatic rings. The van der Waals surface area contributed by atoms with Gasteiger partial charge in [-0.25, -0.2) is 9.37 Å². The van der Waals surface area contributed by atoms with Crippen LogP contribution in [-0.4, -0.2) is 9.38 Å². The summed E-state index contributed by atoms with van der Waals surface area (Å²) in [5.41, 5.74) is 5.84. The van der Waals surface area contributed by atoms with Gasteiger partial charge in [-0.1, -0.05) is 23.8 Å². The molecule has 3 nitrogen and oxygen atoms in total. The number of nitrogens with zero attached hydrogens (tertiary/aromatic N) is 2. The van der Waals surface area contributed by atoms with E-state index in [1.165, 1.54) is 17.7 Å². The van der Waals surface area contributed by atoms with Gasteiger partial charge in [-0.2, -0.15) is 0 Å². The minimum Gasteiger partial charge on any atom is -0.339 e. The van der Waals surface area contributed by atoms with Crippen molar-refractivity contribution in [3.63, 3.8) is 0 Å². The maximum absolute atomic E-state index is 13.3. The first-order valence-corrected chi connectivity index (χ1v) is 8.19. The Balaban J connectivity index is 1.90. The number of rotatable bonds is 3. The molecule has 0 aliphatic heterocycles. The first-order valence-electron chi connectivity index (χ1n) is 8.19. The molecule has 0 atom stereocenters. The van der Waals surface area contributed by atoms with Gasteiger partial charge < -0.3 is 5.32 Å². The van der Waals surface area contributed by atoms with Crippen LogP contribution in [0.5, 0.6) is 0 Å². The van der Waals surface area contributed by atoms with Crippen molar-refractivity contribution in [3.8, 4) is 11.3 Å². The van der Waals surface area contributed by atoms with Crippen molar-refractivity contribution in [1.82, 2.24) is 9.38 Å². The number of imidazole rings is 1. The molecule has 0 fully saturated rings. The molecule has 25 heavy (non-hydrogen) atoms. The molecule has 124 valence electrons. The maximum atomic E-state index is 13.3. The number of pyridine rings is 1. The van der Waals surface area contributed by atoms with Crippen LogP contribution in [0.2, 0.25) is 0 Å². The summed E-state index contributed by atoms with van der Waals surface area (Å²) in [5, 5.41) is 3.47. The van der Waals surface area contributed by atoms with Crippen LogP contribution in [0.4, 0.5) is 15.9 Å². The second kappa shape index (κ2) is 6.06. The Morgan fingerprint density at radius 3 is 2.36 bits per heavy atom. The van der Waals surface area contributed by atoms with Gasteiger partial charge in [-0.15, -0.1) is 0 Å². The van der Waals surface area contributed by atoms with E-state index in [0.717, 1.165) is 34.0 Å². The average Bonchev–Trinajstić information content (AvgIpc) is 2.98. The fraction of sp³-hybridized carbons (Fsp3) is 0.0952. The van der Waals surface area contributed by atoms with Gasteiger partial charge in [-0.3, -0.25) is 4.40 Å². The number of anilines is 2. The summed E-state index contributed by atoms with van der Waals surface area (Å²) < 4.78 is 15.4. The lowest BCUT2D eigenvalue weighted by Crippen LogP contribution is -1.97. The molecule has 0 amide bonds. The molecule has 2 aromatic heterocycles. The summed E-state index contributed by atoms with van der Waals surface area (Å²) >= 11 is 0. The highest BCUT2D eigenvalue weighted by Gasteiger charge is 2.15. The highest BCUT2D eigenvalue weighted by atomic mass is 19.1. The third-order valence-electron chi connectivity index (χ3n) is 4.28. The number of fused-ring (bicyclic) bond motifs is 1. The van der Waals surface area contributed by atoms with Gasteiger partial charge in [0.25, 0.3) is 0 Å². The average molecular weight is 331 g/mol. The minimum absolute atomic E-state index is 0.253. The smallest absolute Gasteiger partial charge is 0.143 e. The minimum atomic E-state index is -0.253. The third kappa shape index (κ3) is 2.87. The molecule has 2 heterocycles.